The number of nitrogens with one attached hydrogen (secondary N) is 1. The predicted molar refractivity (Wildman–Crippen MR) is 117 cm³/mol. The summed E-state index contributed by atoms with van der Waals surface area (Å²) in [5.74, 6) is 0.939. The number of nitrogens with zero attached hydrogens (tertiary/aromatic N) is 6. The standard InChI is InChI=1S/C19H20F2IN7O2/c20-17(21)16-14(10-29(22)26-16)24-19(30)13-8-23-28-4-3-15(25-18(13)28)27-5-6-31-12(9-27)7-11-1-2-11/h3-4,8,10-12,17H,1-2,5-7,9H2,(H,24,30). The first-order chi connectivity index (χ1) is 15.0. The van der Waals surface area contributed by atoms with Crippen molar-refractivity contribution < 1.29 is 18.3 Å². The van der Waals surface area contributed by atoms with Crippen molar-refractivity contribution in [2.75, 3.05) is 29.9 Å². The van der Waals surface area contributed by atoms with Crippen LogP contribution in [0.15, 0.2) is 24.7 Å². The maximum Gasteiger partial charge on any atom is 0.284 e. The zero-order valence-electron chi connectivity index (χ0n) is 16.4. The van der Waals surface area contributed by atoms with Crippen LogP contribution in [0.25, 0.3) is 5.65 Å². The summed E-state index contributed by atoms with van der Waals surface area (Å²) in [7, 11) is 0. The van der Waals surface area contributed by atoms with Crippen LogP contribution in [0.1, 0.15) is 41.7 Å². The van der Waals surface area contributed by atoms with Gasteiger partial charge in [0.15, 0.2) is 11.3 Å². The van der Waals surface area contributed by atoms with E-state index in [0.717, 1.165) is 24.7 Å². The lowest BCUT2D eigenvalue weighted by molar-refractivity contribution is 0.0315. The van der Waals surface area contributed by atoms with E-state index in [2.05, 4.69) is 25.4 Å². The number of ether oxygens (including phenoxy) is 1. The van der Waals surface area contributed by atoms with Gasteiger partial charge in [-0.2, -0.15) is 10.2 Å². The minimum Gasteiger partial charge on any atom is -0.375 e. The quantitative estimate of drug-likeness (QED) is 0.480. The summed E-state index contributed by atoms with van der Waals surface area (Å²) >= 11 is 1.75. The molecule has 3 aromatic heterocycles. The molecule has 9 nitrogen and oxygen atoms in total. The van der Waals surface area contributed by atoms with Gasteiger partial charge in [-0.25, -0.2) is 21.2 Å². The largest absolute Gasteiger partial charge is 0.375 e. The molecule has 4 heterocycles. The molecule has 5 rings (SSSR count). The fraction of sp³-hybridized carbons (Fsp3) is 0.474. The summed E-state index contributed by atoms with van der Waals surface area (Å²) in [6.45, 7) is 2.10. The average Bonchev–Trinajstić information content (AvgIpc) is 3.33. The lowest BCUT2D eigenvalue weighted by atomic mass is 10.1. The fourth-order valence-electron chi connectivity index (χ4n) is 3.80. The highest BCUT2D eigenvalue weighted by atomic mass is 127. The Morgan fingerprint density at radius 3 is 3.00 bits per heavy atom. The van der Waals surface area contributed by atoms with Crippen molar-refractivity contribution in [3.63, 3.8) is 0 Å². The molecule has 2 fully saturated rings. The Labute approximate surface area is 190 Å². The minimum absolute atomic E-state index is 0.0407. The van der Waals surface area contributed by atoms with Crippen molar-refractivity contribution >= 4 is 45.9 Å². The van der Waals surface area contributed by atoms with Gasteiger partial charge in [0.05, 0.1) is 53.7 Å². The van der Waals surface area contributed by atoms with Crippen LogP contribution in [0.4, 0.5) is 20.3 Å². The third-order valence-corrected chi connectivity index (χ3v) is 6.02. The molecular weight excluding hydrogens is 523 g/mol. The number of aromatic nitrogens is 5. The number of anilines is 2. The number of amides is 1. The van der Waals surface area contributed by atoms with Gasteiger partial charge in [-0.3, -0.25) is 4.79 Å². The number of carbonyl (C=O) groups is 1. The first-order valence-electron chi connectivity index (χ1n) is 10.0. The normalized spacial score (nSPS) is 19.4. The lowest BCUT2D eigenvalue weighted by Crippen LogP contribution is -2.43. The molecule has 0 aromatic carbocycles. The van der Waals surface area contributed by atoms with Crippen molar-refractivity contribution in [3.8, 4) is 0 Å². The summed E-state index contributed by atoms with van der Waals surface area (Å²) in [5, 5.41) is 10.4. The van der Waals surface area contributed by atoms with Gasteiger partial charge in [0, 0.05) is 19.3 Å². The molecule has 31 heavy (non-hydrogen) atoms. The maximum absolute atomic E-state index is 13.2. The smallest absolute Gasteiger partial charge is 0.284 e. The Kier molecular flexibility index (Phi) is 5.50. The monoisotopic (exact) mass is 543 g/mol. The predicted octanol–water partition coefficient (Wildman–Crippen LogP) is 3.32. The van der Waals surface area contributed by atoms with E-state index in [4.69, 9.17) is 4.74 Å². The van der Waals surface area contributed by atoms with Crippen LogP contribution in [-0.4, -0.2) is 54.3 Å². The van der Waals surface area contributed by atoms with E-state index in [0.29, 0.717) is 18.8 Å². The van der Waals surface area contributed by atoms with Crippen LogP contribution in [0.2, 0.25) is 0 Å². The van der Waals surface area contributed by atoms with E-state index in [-0.39, 0.29) is 17.4 Å². The fourth-order valence-corrected chi connectivity index (χ4v) is 4.31. The van der Waals surface area contributed by atoms with Crippen LogP contribution in [0, 0.1) is 5.92 Å². The number of rotatable bonds is 6. The number of halogens is 3. The summed E-state index contributed by atoms with van der Waals surface area (Å²) < 4.78 is 35.0. The van der Waals surface area contributed by atoms with Gasteiger partial charge in [-0.05, 0) is 18.4 Å². The second kappa shape index (κ2) is 8.30. The van der Waals surface area contributed by atoms with Crippen LogP contribution in [0.5, 0.6) is 0 Å². The van der Waals surface area contributed by atoms with Gasteiger partial charge in [0.25, 0.3) is 12.3 Å². The minimum atomic E-state index is -2.80. The van der Waals surface area contributed by atoms with Crippen molar-refractivity contribution in [3.05, 3.63) is 35.9 Å². The molecule has 1 unspecified atom stereocenters. The molecule has 1 N–H and O–H groups in total. The summed E-state index contributed by atoms with van der Waals surface area (Å²) in [4.78, 5) is 19.6. The number of carbonyl (C=O) groups excluding carboxylic acids is 1. The molecule has 1 aliphatic heterocycles. The van der Waals surface area contributed by atoms with E-state index in [1.807, 2.05) is 6.07 Å². The second-order valence-electron chi connectivity index (χ2n) is 7.80. The molecular formula is C19H20F2IN7O2. The molecule has 1 atom stereocenters. The van der Waals surface area contributed by atoms with E-state index in [1.54, 1.807) is 29.1 Å². The van der Waals surface area contributed by atoms with Crippen LogP contribution >= 0.6 is 22.9 Å². The molecule has 1 saturated heterocycles. The lowest BCUT2D eigenvalue weighted by Gasteiger charge is -2.33. The van der Waals surface area contributed by atoms with Gasteiger partial charge < -0.3 is 15.0 Å². The molecule has 2 aliphatic rings. The number of hydrogen-bond donors (Lipinski definition) is 1. The van der Waals surface area contributed by atoms with E-state index in [1.165, 1.54) is 32.6 Å². The van der Waals surface area contributed by atoms with Crippen molar-refractivity contribution in [2.45, 2.75) is 31.8 Å². The molecule has 1 saturated carbocycles. The van der Waals surface area contributed by atoms with Gasteiger partial charge in [-0.1, -0.05) is 12.8 Å². The third-order valence-electron chi connectivity index (χ3n) is 5.52. The molecule has 0 radical (unpaired) electrons. The summed E-state index contributed by atoms with van der Waals surface area (Å²) in [5.41, 5.74) is 0.0376. The molecule has 1 aliphatic carbocycles. The highest BCUT2D eigenvalue weighted by Crippen LogP contribution is 2.35. The Balaban J connectivity index is 1.38. The third kappa shape index (κ3) is 4.35. The van der Waals surface area contributed by atoms with Crippen LogP contribution in [0.3, 0.4) is 0 Å². The highest BCUT2D eigenvalue weighted by molar-refractivity contribution is 14.1. The molecule has 1 amide bonds. The molecule has 0 bridgehead atoms. The number of alkyl halides is 2. The first-order valence-corrected chi connectivity index (χ1v) is 11.0. The van der Waals surface area contributed by atoms with Crippen molar-refractivity contribution in [2.24, 2.45) is 5.92 Å². The Morgan fingerprint density at radius 2 is 2.23 bits per heavy atom. The average molecular weight is 543 g/mol. The summed E-state index contributed by atoms with van der Waals surface area (Å²) in [6.07, 6.45) is 5.47. The first kappa shape index (κ1) is 20.5. The molecule has 164 valence electrons. The highest BCUT2D eigenvalue weighted by Gasteiger charge is 2.30. The molecule has 12 heteroatoms. The van der Waals surface area contributed by atoms with Gasteiger partial charge in [0.2, 0.25) is 0 Å². The molecule has 0 spiro atoms. The van der Waals surface area contributed by atoms with E-state index < -0.39 is 18.0 Å². The number of hydrogen-bond acceptors (Lipinski definition) is 6. The Hall–Kier alpha value is -2.35. The van der Waals surface area contributed by atoms with E-state index >= 15 is 0 Å². The Bertz CT molecular complexity index is 1110. The second-order valence-corrected chi connectivity index (χ2v) is 8.79. The van der Waals surface area contributed by atoms with Crippen molar-refractivity contribution in [1.29, 1.82) is 0 Å². The van der Waals surface area contributed by atoms with Gasteiger partial charge in [-0.15, -0.1) is 0 Å². The maximum atomic E-state index is 13.2. The molecule has 3 aromatic rings. The van der Waals surface area contributed by atoms with Crippen molar-refractivity contribution in [1.82, 2.24) is 22.6 Å². The number of fused-ring (bicyclic) bond motifs is 1. The van der Waals surface area contributed by atoms with Gasteiger partial charge >= 0.3 is 0 Å². The topological polar surface area (TPSA) is 89.6 Å². The van der Waals surface area contributed by atoms with Gasteiger partial charge in [0.1, 0.15) is 11.4 Å². The number of morpholine rings is 1. The van der Waals surface area contributed by atoms with Crippen LogP contribution in [-0.2, 0) is 4.74 Å². The van der Waals surface area contributed by atoms with Crippen LogP contribution < -0.4 is 10.2 Å². The zero-order valence-corrected chi connectivity index (χ0v) is 18.6. The zero-order chi connectivity index (χ0) is 21.5. The SMILES string of the molecule is O=C(Nc1cn(I)nc1C(F)F)c1cnn2ccc(N3CCOC(CC4CC4)C3)nc12. The Morgan fingerprint density at radius 1 is 1.39 bits per heavy atom. The van der Waals surface area contributed by atoms with E-state index in [9.17, 15) is 13.6 Å². The summed E-state index contributed by atoms with van der Waals surface area (Å²) in [6, 6.07) is 1.86.